The van der Waals surface area contributed by atoms with Gasteiger partial charge in [-0.3, -0.25) is 4.68 Å². The Hall–Kier alpha value is -1.03. The van der Waals surface area contributed by atoms with Crippen molar-refractivity contribution in [2.24, 2.45) is 5.92 Å². The van der Waals surface area contributed by atoms with E-state index >= 15 is 0 Å². The van der Waals surface area contributed by atoms with E-state index < -0.39 is 0 Å². The molecule has 0 amide bonds. The highest BCUT2D eigenvalue weighted by molar-refractivity contribution is 5.30. The number of piperidine rings is 1. The first-order valence-electron chi connectivity index (χ1n) is 7.12. The van der Waals surface area contributed by atoms with Gasteiger partial charge in [0.1, 0.15) is 0 Å². The highest BCUT2D eigenvalue weighted by Crippen LogP contribution is 2.37. The zero-order chi connectivity index (χ0) is 13.0. The lowest BCUT2D eigenvalue weighted by atomic mass is 9.82. The zero-order valence-electron chi connectivity index (χ0n) is 11.8. The monoisotopic (exact) mass is 251 g/mol. The molecule has 1 saturated heterocycles. The lowest BCUT2D eigenvalue weighted by molar-refractivity contribution is 0.293. The third kappa shape index (κ3) is 2.53. The van der Waals surface area contributed by atoms with Gasteiger partial charge in [-0.15, -0.1) is 0 Å². The smallest absolute Gasteiger partial charge is 0.160 e. The van der Waals surface area contributed by atoms with Crippen LogP contribution in [0.15, 0.2) is 6.20 Å². The van der Waals surface area contributed by atoms with Crippen LogP contribution in [0.25, 0.3) is 0 Å². The second-order valence-corrected chi connectivity index (χ2v) is 5.09. The maximum Gasteiger partial charge on any atom is 0.160 e. The second-order valence-electron chi connectivity index (χ2n) is 5.09. The van der Waals surface area contributed by atoms with Crippen LogP contribution in [0.3, 0.4) is 0 Å². The lowest BCUT2D eigenvalue weighted by Crippen LogP contribution is -2.36. The summed E-state index contributed by atoms with van der Waals surface area (Å²) >= 11 is 0. The van der Waals surface area contributed by atoms with Gasteiger partial charge in [-0.25, -0.2) is 0 Å². The molecule has 1 aromatic heterocycles. The molecular weight excluding hydrogens is 226 g/mol. The summed E-state index contributed by atoms with van der Waals surface area (Å²) in [5.41, 5.74) is 1.31. The molecule has 1 fully saturated rings. The van der Waals surface area contributed by atoms with Crippen molar-refractivity contribution in [2.45, 2.75) is 45.6 Å². The van der Waals surface area contributed by atoms with Gasteiger partial charge in [-0.1, -0.05) is 20.3 Å². The van der Waals surface area contributed by atoms with E-state index in [1.165, 1.54) is 18.5 Å². The number of hydrogen-bond acceptors (Lipinski definition) is 3. The molecule has 102 valence electrons. The van der Waals surface area contributed by atoms with Crippen LogP contribution in [0.4, 0.5) is 0 Å². The Morgan fingerprint density at radius 2 is 2.33 bits per heavy atom. The number of ether oxygens (including phenoxy) is 1. The Morgan fingerprint density at radius 3 is 3.00 bits per heavy atom. The molecule has 4 heteroatoms. The number of nitrogens with zero attached hydrogens (tertiary/aromatic N) is 2. The second kappa shape index (κ2) is 6.23. The molecule has 0 bridgehead atoms. The van der Waals surface area contributed by atoms with Crippen LogP contribution >= 0.6 is 0 Å². The van der Waals surface area contributed by atoms with E-state index in [0.29, 0.717) is 11.8 Å². The van der Waals surface area contributed by atoms with Gasteiger partial charge < -0.3 is 10.1 Å². The highest BCUT2D eigenvalue weighted by atomic mass is 16.5. The van der Waals surface area contributed by atoms with E-state index in [9.17, 15) is 0 Å². The fraction of sp³-hybridized carbons (Fsp3) is 0.786. The van der Waals surface area contributed by atoms with Gasteiger partial charge in [0.25, 0.3) is 0 Å². The van der Waals surface area contributed by atoms with Crippen molar-refractivity contribution >= 4 is 0 Å². The van der Waals surface area contributed by atoms with Crippen molar-refractivity contribution in [1.29, 1.82) is 0 Å². The van der Waals surface area contributed by atoms with Crippen LogP contribution in [-0.4, -0.2) is 30.0 Å². The molecule has 2 rings (SSSR count). The quantitative estimate of drug-likeness (QED) is 0.873. The minimum Gasteiger partial charge on any atom is -0.493 e. The molecule has 0 saturated carbocycles. The molecule has 0 spiro atoms. The summed E-state index contributed by atoms with van der Waals surface area (Å²) in [5.74, 6) is 2.24. The van der Waals surface area contributed by atoms with Crippen LogP contribution in [0.2, 0.25) is 0 Å². The third-order valence-electron chi connectivity index (χ3n) is 3.98. The lowest BCUT2D eigenvalue weighted by Gasteiger charge is -2.32. The predicted octanol–water partition coefficient (Wildman–Crippen LogP) is 2.40. The van der Waals surface area contributed by atoms with Gasteiger partial charge in [0.15, 0.2) is 5.75 Å². The number of aryl methyl sites for hydroxylation is 1. The number of rotatable bonds is 5. The van der Waals surface area contributed by atoms with Gasteiger partial charge in [0.2, 0.25) is 0 Å². The van der Waals surface area contributed by atoms with Crippen LogP contribution in [-0.2, 0) is 6.54 Å². The highest BCUT2D eigenvalue weighted by Gasteiger charge is 2.30. The molecule has 1 aromatic rings. The average molecular weight is 251 g/mol. The third-order valence-corrected chi connectivity index (χ3v) is 3.98. The summed E-state index contributed by atoms with van der Waals surface area (Å²) in [6, 6.07) is 0. The molecular formula is C14H25N3O. The van der Waals surface area contributed by atoms with Crippen LogP contribution in [0.5, 0.6) is 5.75 Å². The van der Waals surface area contributed by atoms with E-state index in [4.69, 9.17) is 4.74 Å². The van der Waals surface area contributed by atoms with Crippen molar-refractivity contribution < 1.29 is 4.74 Å². The topological polar surface area (TPSA) is 39.1 Å². The fourth-order valence-corrected chi connectivity index (χ4v) is 3.01. The Bertz CT molecular complexity index is 375. The molecule has 2 heterocycles. The summed E-state index contributed by atoms with van der Waals surface area (Å²) in [4.78, 5) is 0. The van der Waals surface area contributed by atoms with E-state index in [1.54, 1.807) is 7.11 Å². The van der Waals surface area contributed by atoms with Crippen LogP contribution in [0, 0.1) is 5.92 Å². The standard InChI is InChI=1S/C14H25N3O/c1-4-8-17-14(13(18-3)10-16-17)12-6-7-15-9-11(12)5-2/h10-12,15H,4-9H2,1-3H3. The molecule has 1 N–H and O–H groups in total. The van der Waals surface area contributed by atoms with Gasteiger partial charge in [0.05, 0.1) is 19.0 Å². The van der Waals surface area contributed by atoms with Gasteiger partial charge in [-0.2, -0.15) is 5.10 Å². The maximum atomic E-state index is 5.51. The van der Waals surface area contributed by atoms with Crippen molar-refractivity contribution in [2.75, 3.05) is 20.2 Å². The van der Waals surface area contributed by atoms with Gasteiger partial charge in [-0.05, 0) is 31.8 Å². The van der Waals surface area contributed by atoms with E-state index in [-0.39, 0.29) is 0 Å². The molecule has 1 aliphatic heterocycles. The molecule has 4 nitrogen and oxygen atoms in total. The minimum atomic E-state index is 0.584. The van der Waals surface area contributed by atoms with Crippen LogP contribution < -0.4 is 10.1 Å². The molecule has 2 unspecified atom stereocenters. The first kappa shape index (κ1) is 13.4. The Balaban J connectivity index is 2.30. The maximum absolute atomic E-state index is 5.51. The SMILES string of the molecule is CCCn1ncc(OC)c1C1CCNCC1CC. The Kier molecular flexibility index (Phi) is 4.64. The molecule has 0 radical (unpaired) electrons. The average Bonchev–Trinajstić information content (AvgIpc) is 2.82. The molecule has 0 aliphatic carbocycles. The number of nitrogens with one attached hydrogen (secondary N) is 1. The van der Waals surface area contributed by atoms with E-state index in [1.807, 2.05) is 6.20 Å². The number of aromatic nitrogens is 2. The van der Waals surface area contributed by atoms with E-state index in [2.05, 4.69) is 28.9 Å². The summed E-state index contributed by atoms with van der Waals surface area (Å²) in [7, 11) is 1.75. The first-order chi connectivity index (χ1) is 8.81. The summed E-state index contributed by atoms with van der Waals surface area (Å²) < 4.78 is 7.66. The fourth-order valence-electron chi connectivity index (χ4n) is 3.01. The van der Waals surface area contributed by atoms with Crippen molar-refractivity contribution in [3.8, 4) is 5.75 Å². The minimum absolute atomic E-state index is 0.584. The molecule has 18 heavy (non-hydrogen) atoms. The molecule has 0 aromatic carbocycles. The Morgan fingerprint density at radius 1 is 1.50 bits per heavy atom. The zero-order valence-corrected chi connectivity index (χ0v) is 11.8. The number of methoxy groups -OCH3 is 1. The van der Waals surface area contributed by atoms with E-state index in [0.717, 1.165) is 31.8 Å². The normalized spacial score (nSPS) is 24.2. The van der Waals surface area contributed by atoms with Gasteiger partial charge >= 0.3 is 0 Å². The molecule has 1 aliphatic rings. The van der Waals surface area contributed by atoms with Crippen molar-refractivity contribution in [1.82, 2.24) is 15.1 Å². The first-order valence-corrected chi connectivity index (χ1v) is 7.12. The summed E-state index contributed by atoms with van der Waals surface area (Å²) in [5, 5.41) is 7.99. The van der Waals surface area contributed by atoms with Crippen molar-refractivity contribution in [3.05, 3.63) is 11.9 Å². The number of hydrogen-bond donors (Lipinski definition) is 1. The summed E-state index contributed by atoms with van der Waals surface area (Å²) in [6.45, 7) is 7.66. The molecule has 2 atom stereocenters. The van der Waals surface area contributed by atoms with Crippen LogP contribution in [0.1, 0.15) is 44.7 Å². The van der Waals surface area contributed by atoms with Gasteiger partial charge in [0, 0.05) is 12.5 Å². The predicted molar refractivity (Wildman–Crippen MR) is 73.1 cm³/mol. The Labute approximate surface area is 110 Å². The summed E-state index contributed by atoms with van der Waals surface area (Å²) in [6.07, 6.45) is 5.38. The largest absolute Gasteiger partial charge is 0.493 e. The van der Waals surface area contributed by atoms with Crippen molar-refractivity contribution in [3.63, 3.8) is 0 Å².